The van der Waals surface area contributed by atoms with Gasteiger partial charge in [0.15, 0.2) is 0 Å². The van der Waals surface area contributed by atoms with Crippen molar-refractivity contribution >= 4 is 0 Å². The highest BCUT2D eigenvalue weighted by Crippen LogP contribution is 2.11. The van der Waals surface area contributed by atoms with Crippen molar-refractivity contribution in [2.24, 2.45) is 0 Å². The number of aromatic nitrogens is 2. The SMILES string of the molecule is CCc1ncnc(CC)c1CCO. The van der Waals surface area contributed by atoms with Crippen molar-refractivity contribution < 1.29 is 5.11 Å². The van der Waals surface area contributed by atoms with E-state index in [2.05, 4.69) is 23.8 Å². The molecule has 1 N–H and O–H groups in total. The molecule has 3 nitrogen and oxygen atoms in total. The second-order valence-electron chi connectivity index (χ2n) is 2.93. The fraction of sp³-hybridized carbons (Fsp3) is 0.600. The molecule has 0 saturated heterocycles. The normalized spacial score (nSPS) is 10.4. The second-order valence-corrected chi connectivity index (χ2v) is 2.93. The van der Waals surface area contributed by atoms with Gasteiger partial charge in [-0.1, -0.05) is 13.8 Å². The van der Waals surface area contributed by atoms with Crippen LogP contribution in [0.1, 0.15) is 30.8 Å². The molecule has 0 bridgehead atoms. The molecule has 1 aromatic rings. The van der Waals surface area contributed by atoms with E-state index in [-0.39, 0.29) is 6.61 Å². The fourth-order valence-corrected chi connectivity index (χ4v) is 1.50. The average Bonchev–Trinajstić information content (AvgIpc) is 2.18. The molecule has 0 spiro atoms. The van der Waals surface area contributed by atoms with Crippen LogP contribution in [-0.4, -0.2) is 21.7 Å². The molecular weight excluding hydrogens is 164 g/mol. The Morgan fingerprint density at radius 1 is 1.15 bits per heavy atom. The predicted octanol–water partition coefficient (Wildman–Crippen LogP) is 1.14. The highest BCUT2D eigenvalue weighted by Gasteiger charge is 2.07. The Balaban J connectivity index is 3.05. The zero-order chi connectivity index (χ0) is 9.68. The van der Waals surface area contributed by atoms with Gasteiger partial charge in [-0.05, 0) is 24.8 Å². The first kappa shape index (κ1) is 10.1. The third kappa shape index (κ3) is 2.25. The van der Waals surface area contributed by atoms with Gasteiger partial charge in [0.05, 0.1) is 0 Å². The summed E-state index contributed by atoms with van der Waals surface area (Å²) in [6.07, 6.45) is 4.10. The molecule has 3 heteroatoms. The number of nitrogens with zero attached hydrogens (tertiary/aromatic N) is 2. The van der Waals surface area contributed by atoms with E-state index >= 15 is 0 Å². The Labute approximate surface area is 78.9 Å². The van der Waals surface area contributed by atoms with Crippen LogP contribution in [0.2, 0.25) is 0 Å². The Bertz CT molecular complexity index is 251. The molecule has 0 aromatic carbocycles. The van der Waals surface area contributed by atoms with E-state index in [0.717, 1.165) is 29.8 Å². The maximum atomic E-state index is 8.90. The number of hydrogen-bond acceptors (Lipinski definition) is 3. The minimum Gasteiger partial charge on any atom is -0.396 e. The number of aliphatic hydroxyl groups is 1. The summed E-state index contributed by atoms with van der Waals surface area (Å²) in [6.45, 7) is 4.32. The molecule has 1 heterocycles. The van der Waals surface area contributed by atoms with Gasteiger partial charge in [0.1, 0.15) is 6.33 Å². The van der Waals surface area contributed by atoms with Crippen LogP contribution in [0.15, 0.2) is 6.33 Å². The van der Waals surface area contributed by atoms with Crippen LogP contribution in [0.4, 0.5) is 0 Å². The van der Waals surface area contributed by atoms with Gasteiger partial charge in [-0.2, -0.15) is 0 Å². The van der Waals surface area contributed by atoms with E-state index < -0.39 is 0 Å². The van der Waals surface area contributed by atoms with Crippen molar-refractivity contribution in [1.29, 1.82) is 0 Å². The Hall–Kier alpha value is -0.960. The summed E-state index contributed by atoms with van der Waals surface area (Å²) in [5, 5.41) is 8.90. The Morgan fingerprint density at radius 3 is 2.08 bits per heavy atom. The predicted molar refractivity (Wildman–Crippen MR) is 51.6 cm³/mol. The zero-order valence-electron chi connectivity index (χ0n) is 8.25. The van der Waals surface area contributed by atoms with Gasteiger partial charge in [-0.15, -0.1) is 0 Å². The van der Waals surface area contributed by atoms with Crippen molar-refractivity contribution in [2.45, 2.75) is 33.1 Å². The van der Waals surface area contributed by atoms with E-state index in [4.69, 9.17) is 5.11 Å². The number of aliphatic hydroxyl groups excluding tert-OH is 1. The topological polar surface area (TPSA) is 46.0 Å². The van der Waals surface area contributed by atoms with Gasteiger partial charge in [-0.3, -0.25) is 0 Å². The van der Waals surface area contributed by atoms with E-state index in [1.54, 1.807) is 6.33 Å². The van der Waals surface area contributed by atoms with Crippen molar-refractivity contribution in [3.8, 4) is 0 Å². The molecule has 13 heavy (non-hydrogen) atoms. The number of hydrogen-bond donors (Lipinski definition) is 1. The summed E-state index contributed by atoms with van der Waals surface area (Å²) in [6, 6.07) is 0. The Kier molecular flexibility index (Phi) is 3.83. The molecule has 0 aliphatic heterocycles. The first-order chi connectivity index (χ1) is 6.33. The maximum Gasteiger partial charge on any atom is 0.115 e. The molecule has 1 rings (SSSR count). The van der Waals surface area contributed by atoms with Gasteiger partial charge in [0, 0.05) is 18.0 Å². The number of rotatable bonds is 4. The van der Waals surface area contributed by atoms with Crippen molar-refractivity contribution in [2.75, 3.05) is 6.61 Å². The molecule has 0 aliphatic rings. The van der Waals surface area contributed by atoms with Crippen molar-refractivity contribution in [3.05, 3.63) is 23.3 Å². The minimum atomic E-state index is 0.174. The molecule has 0 unspecified atom stereocenters. The molecule has 0 radical (unpaired) electrons. The highest BCUT2D eigenvalue weighted by molar-refractivity contribution is 5.25. The van der Waals surface area contributed by atoms with Crippen LogP contribution in [-0.2, 0) is 19.3 Å². The van der Waals surface area contributed by atoms with E-state index in [0.29, 0.717) is 6.42 Å². The van der Waals surface area contributed by atoms with Gasteiger partial charge in [0.25, 0.3) is 0 Å². The third-order valence-electron chi connectivity index (χ3n) is 2.16. The summed E-state index contributed by atoms with van der Waals surface area (Å²) in [5.41, 5.74) is 3.27. The molecule has 0 fully saturated rings. The summed E-state index contributed by atoms with van der Waals surface area (Å²) in [5.74, 6) is 0. The summed E-state index contributed by atoms with van der Waals surface area (Å²) < 4.78 is 0. The van der Waals surface area contributed by atoms with E-state index in [1.807, 2.05) is 0 Å². The molecule has 1 aromatic heterocycles. The number of aryl methyl sites for hydroxylation is 2. The van der Waals surface area contributed by atoms with Crippen LogP contribution in [0, 0.1) is 0 Å². The quantitative estimate of drug-likeness (QED) is 0.755. The first-order valence-corrected chi connectivity index (χ1v) is 4.75. The van der Waals surface area contributed by atoms with Crippen molar-refractivity contribution in [3.63, 3.8) is 0 Å². The van der Waals surface area contributed by atoms with E-state index in [1.165, 1.54) is 0 Å². The lowest BCUT2D eigenvalue weighted by molar-refractivity contribution is 0.298. The first-order valence-electron chi connectivity index (χ1n) is 4.75. The minimum absolute atomic E-state index is 0.174. The van der Waals surface area contributed by atoms with Gasteiger partial charge in [0.2, 0.25) is 0 Å². The smallest absolute Gasteiger partial charge is 0.115 e. The summed E-state index contributed by atoms with van der Waals surface area (Å²) in [4.78, 5) is 8.40. The lowest BCUT2D eigenvalue weighted by atomic mass is 10.1. The van der Waals surface area contributed by atoms with Crippen LogP contribution < -0.4 is 0 Å². The molecule has 0 aliphatic carbocycles. The molecular formula is C10H16N2O. The van der Waals surface area contributed by atoms with Crippen LogP contribution >= 0.6 is 0 Å². The molecule has 0 saturated carbocycles. The average molecular weight is 180 g/mol. The highest BCUT2D eigenvalue weighted by atomic mass is 16.2. The molecule has 0 atom stereocenters. The maximum absolute atomic E-state index is 8.90. The molecule has 0 amide bonds. The molecule has 72 valence electrons. The van der Waals surface area contributed by atoms with Gasteiger partial charge < -0.3 is 5.11 Å². The lowest BCUT2D eigenvalue weighted by Gasteiger charge is -2.08. The van der Waals surface area contributed by atoms with Gasteiger partial charge >= 0.3 is 0 Å². The zero-order valence-corrected chi connectivity index (χ0v) is 8.25. The summed E-state index contributed by atoms with van der Waals surface area (Å²) in [7, 11) is 0. The monoisotopic (exact) mass is 180 g/mol. The van der Waals surface area contributed by atoms with E-state index in [9.17, 15) is 0 Å². The largest absolute Gasteiger partial charge is 0.396 e. The van der Waals surface area contributed by atoms with Crippen LogP contribution in [0.5, 0.6) is 0 Å². The van der Waals surface area contributed by atoms with Crippen LogP contribution in [0.3, 0.4) is 0 Å². The Morgan fingerprint density at radius 2 is 1.69 bits per heavy atom. The van der Waals surface area contributed by atoms with Crippen LogP contribution in [0.25, 0.3) is 0 Å². The summed E-state index contributed by atoms with van der Waals surface area (Å²) >= 11 is 0. The van der Waals surface area contributed by atoms with Gasteiger partial charge in [-0.25, -0.2) is 9.97 Å². The third-order valence-corrected chi connectivity index (χ3v) is 2.16. The van der Waals surface area contributed by atoms with Crippen molar-refractivity contribution in [1.82, 2.24) is 9.97 Å². The fourth-order valence-electron chi connectivity index (χ4n) is 1.50. The standard InChI is InChI=1S/C10H16N2O/c1-3-9-8(5-6-13)10(4-2)12-7-11-9/h7,13H,3-6H2,1-2H3. The lowest BCUT2D eigenvalue weighted by Crippen LogP contribution is -2.06. The second kappa shape index (κ2) is 4.92.